The number of carbonyl (C=O) groups is 2. The molecule has 2 aliphatic rings. The largest absolute Gasteiger partial charge is 0.468 e. The molecule has 0 spiro atoms. The first kappa shape index (κ1) is 30.7. The van der Waals surface area contributed by atoms with Gasteiger partial charge in [0.25, 0.3) is 0 Å². The lowest BCUT2D eigenvalue weighted by Crippen LogP contribution is -2.59. The van der Waals surface area contributed by atoms with Crippen molar-refractivity contribution in [1.82, 2.24) is 14.7 Å². The van der Waals surface area contributed by atoms with Gasteiger partial charge < -0.3 is 9.64 Å². The Morgan fingerprint density at radius 3 is 2.35 bits per heavy atom. The number of methoxy groups -OCH3 is 1. The van der Waals surface area contributed by atoms with E-state index in [9.17, 15) is 18.4 Å². The molecule has 0 bridgehead atoms. The Hall–Kier alpha value is -2.26. The topological polar surface area (TPSA) is 53.1 Å². The molecule has 0 aromatic heterocycles. The predicted octanol–water partition coefficient (Wildman–Crippen LogP) is 5.40. The van der Waals surface area contributed by atoms with Gasteiger partial charge in [-0.05, 0) is 63.4 Å². The maximum Gasteiger partial charge on any atom is 0.323 e. The van der Waals surface area contributed by atoms with Gasteiger partial charge in [0.1, 0.15) is 17.7 Å². The highest BCUT2D eigenvalue weighted by Crippen LogP contribution is 2.39. The fraction of sp³-hybridized carbons (Fsp3) is 0.533. The molecule has 10 heteroatoms. The van der Waals surface area contributed by atoms with Crippen molar-refractivity contribution >= 4 is 35.1 Å². The normalized spacial score (nSPS) is 23.3. The van der Waals surface area contributed by atoms with Crippen LogP contribution in [-0.2, 0) is 20.7 Å². The van der Waals surface area contributed by atoms with Gasteiger partial charge in [0.2, 0.25) is 5.91 Å². The van der Waals surface area contributed by atoms with Crippen LogP contribution in [0.15, 0.2) is 36.4 Å². The van der Waals surface area contributed by atoms with E-state index < -0.39 is 29.5 Å². The number of likely N-dealkylation sites (tertiary alicyclic amines) is 1. The summed E-state index contributed by atoms with van der Waals surface area (Å²) in [5.74, 6) is -2.54. The zero-order valence-corrected chi connectivity index (χ0v) is 25.1. The van der Waals surface area contributed by atoms with Gasteiger partial charge in [0, 0.05) is 56.3 Å². The fourth-order valence-corrected chi connectivity index (χ4v) is 6.24. The molecule has 0 aliphatic carbocycles. The Morgan fingerprint density at radius 2 is 1.75 bits per heavy atom. The maximum absolute atomic E-state index is 14.9. The highest BCUT2D eigenvalue weighted by atomic mass is 35.5. The third-order valence-corrected chi connectivity index (χ3v) is 8.96. The Kier molecular flexibility index (Phi) is 9.45. The first-order valence-corrected chi connectivity index (χ1v) is 14.3. The van der Waals surface area contributed by atoms with Crippen molar-refractivity contribution in [3.63, 3.8) is 0 Å². The summed E-state index contributed by atoms with van der Waals surface area (Å²) in [4.78, 5) is 32.9. The van der Waals surface area contributed by atoms with Crippen LogP contribution in [0.5, 0.6) is 0 Å². The summed E-state index contributed by atoms with van der Waals surface area (Å²) in [6, 6.07) is 8.15. The van der Waals surface area contributed by atoms with E-state index in [0.29, 0.717) is 54.8 Å². The van der Waals surface area contributed by atoms with Crippen molar-refractivity contribution in [2.75, 3.05) is 39.8 Å². The van der Waals surface area contributed by atoms with Crippen LogP contribution in [0.25, 0.3) is 0 Å². The number of benzene rings is 2. The number of nitrogens with zero attached hydrogens (tertiary/aromatic N) is 3. The van der Waals surface area contributed by atoms with E-state index in [-0.39, 0.29) is 23.5 Å². The van der Waals surface area contributed by atoms with Crippen molar-refractivity contribution < 1.29 is 23.1 Å². The number of rotatable bonds is 6. The van der Waals surface area contributed by atoms with Crippen molar-refractivity contribution in [3.8, 4) is 0 Å². The van der Waals surface area contributed by atoms with E-state index in [1.807, 2.05) is 22.8 Å². The van der Waals surface area contributed by atoms with Gasteiger partial charge in [0.15, 0.2) is 0 Å². The molecule has 4 rings (SSSR count). The van der Waals surface area contributed by atoms with Crippen LogP contribution < -0.4 is 0 Å². The summed E-state index contributed by atoms with van der Waals surface area (Å²) in [5.41, 5.74) is 1.00. The van der Waals surface area contributed by atoms with Gasteiger partial charge in [-0.2, -0.15) is 0 Å². The summed E-state index contributed by atoms with van der Waals surface area (Å²) >= 11 is 12.3. The number of carbonyl (C=O) groups excluding carboxylic acids is 2. The number of hydrogen-bond acceptors (Lipinski definition) is 5. The van der Waals surface area contributed by atoms with E-state index in [1.54, 1.807) is 12.1 Å². The van der Waals surface area contributed by atoms with Crippen molar-refractivity contribution in [2.45, 2.75) is 57.7 Å². The summed E-state index contributed by atoms with van der Waals surface area (Å²) in [5, 5.41) is 0.858. The number of esters is 1. The average molecular weight is 597 g/mol. The van der Waals surface area contributed by atoms with Gasteiger partial charge >= 0.3 is 5.97 Å². The molecule has 2 aliphatic heterocycles. The van der Waals surface area contributed by atoms with Crippen molar-refractivity contribution in [2.24, 2.45) is 5.92 Å². The molecule has 0 N–H and O–H groups in total. The van der Waals surface area contributed by atoms with Gasteiger partial charge in [0.05, 0.1) is 23.1 Å². The molecule has 2 heterocycles. The zero-order valence-electron chi connectivity index (χ0n) is 23.6. The van der Waals surface area contributed by atoms with Gasteiger partial charge in [-0.15, -0.1) is 0 Å². The van der Waals surface area contributed by atoms with Crippen molar-refractivity contribution in [3.05, 3.63) is 69.2 Å². The Bertz CT molecular complexity index is 1260. The Morgan fingerprint density at radius 1 is 1.02 bits per heavy atom. The molecule has 2 fully saturated rings. The van der Waals surface area contributed by atoms with E-state index in [1.165, 1.54) is 19.2 Å². The molecule has 1 amide bonds. The van der Waals surface area contributed by atoms with Crippen LogP contribution >= 0.6 is 23.2 Å². The van der Waals surface area contributed by atoms with Crippen LogP contribution in [0, 0.1) is 17.6 Å². The SMILES string of the molecule is COC(=O)[C@H](Cc1ccc(Cl)c(Cl)c1)N1CCN(C(=O)[C@@H]2CN(C(C)(C)C)C[C@H]2c2ccc(F)cc2F)[C@@H](C)C1. The second-order valence-corrected chi connectivity index (χ2v) is 12.6. The second-order valence-electron chi connectivity index (χ2n) is 11.8. The standard InChI is InChI=1S/C30H37Cl2F2N3O3/c1-18-15-35(27(29(39)40-5)13-19-6-9-24(31)25(32)12-19)10-11-37(18)28(38)23-17-36(30(2,3)4)16-22(23)21-8-7-20(33)14-26(21)34/h6-9,12,14,18,22-23,27H,10-11,13,15-17H2,1-5H3/t18-,22-,23+,27-/m0/s1. The molecular formula is C30H37Cl2F2N3O3. The molecule has 2 aromatic carbocycles. The lowest BCUT2D eigenvalue weighted by Gasteiger charge is -2.43. The molecular weight excluding hydrogens is 559 g/mol. The lowest BCUT2D eigenvalue weighted by molar-refractivity contribution is -0.150. The van der Waals surface area contributed by atoms with E-state index in [2.05, 4.69) is 25.7 Å². The van der Waals surface area contributed by atoms with Gasteiger partial charge in [-0.25, -0.2) is 8.78 Å². The van der Waals surface area contributed by atoms with E-state index >= 15 is 0 Å². The minimum Gasteiger partial charge on any atom is -0.468 e. The van der Waals surface area contributed by atoms with Crippen LogP contribution in [-0.4, -0.2) is 84.0 Å². The van der Waals surface area contributed by atoms with Crippen molar-refractivity contribution in [1.29, 1.82) is 0 Å². The number of amides is 1. The van der Waals surface area contributed by atoms with E-state index in [4.69, 9.17) is 27.9 Å². The Labute approximate surface area is 245 Å². The maximum atomic E-state index is 14.9. The molecule has 2 aromatic rings. The number of hydrogen-bond donors (Lipinski definition) is 0. The average Bonchev–Trinajstić information content (AvgIpc) is 3.34. The highest BCUT2D eigenvalue weighted by molar-refractivity contribution is 6.42. The molecule has 2 saturated heterocycles. The molecule has 0 unspecified atom stereocenters. The van der Waals surface area contributed by atoms with Crippen LogP contribution in [0.2, 0.25) is 10.0 Å². The molecule has 0 saturated carbocycles. The zero-order chi connectivity index (χ0) is 29.4. The quantitative estimate of drug-likeness (QED) is 0.418. The summed E-state index contributed by atoms with van der Waals surface area (Å²) in [6.07, 6.45) is 0.388. The fourth-order valence-electron chi connectivity index (χ4n) is 5.92. The van der Waals surface area contributed by atoms with Crippen LogP contribution in [0.3, 0.4) is 0 Å². The summed E-state index contributed by atoms with van der Waals surface area (Å²) in [7, 11) is 1.36. The number of halogens is 4. The third-order valence-electron chi connectivity index (χ3n) is 8.22. The van der Waals surface area contributed by atoms with E-state index in [0.717, 1.165) is 11.6 Å². The minimum absolute atomic E-state index is 0.0493. The van der Waals surface area contributed by atoms with Gasteiger partial charge in [-0.3, -0.25) is 19.4 Å². The number of ether oxygens (including phenoxy) is 1. The van der Waals surface area contributed by atoms with Gasteiger partial charge in [-0.1, -0.05) is 35.3 Å². The highest BCUT2D eigenvalue weighted by Gasteiger charge is 2.46. The minimum atomic E-state index is -0.638. The third kappa shape index (κ3) is 6.62. The second kappa shape index (κ2) is 12.3. The molecule has 6 nitrogen and oxygen atoms in total. The van der Waals surface area contributed by atoms with Crippen LogP contribution in [0.1, 0.15) is 44.7 Å². The molecule has 0 radical (unpaired) electrons. The molecule has 40 heavy (non-hydrogen) atoms. The number of piperazine rings is 1. The predicted molar refractivity (Wildman–Crippen MR) is 153 cm³/mol. The summed E-state index contributed by atoms with van der Waals surface area (Å²) < 4.78 is 33.7. The molecule has 218 valence electrons. The smallest absolute Gasteiger partial charge is 0.323 e. The first-order chi connectivity index (χ1) is 18.8. The first-order valence-electron chi connectivity index (χ1n) is 13.6. The monoisotopic (exact) mass is 595 g/mol. The lowest BCUT2D eigenvalue weighted by atomic mass is 9.87. The molecule has 4 atom stereocenters. The summed E-state index contributed by atoms with van der Waals surface area (Å²) in [6.45, 7) is 10.5. The Balaban J connectivity index is 1.53. The van der Waals surface area contributed by atoms with Crippen LogP contribution in [0.4, 0.5) is 8.78 Å².